The molecule has 1 aliphatic rings. The van der Waals surface area contributed by atoms with Gasteiger partial charge in [0, 0.05) is 5.57 Å². The van der Waals surface area contributed by atoms with Crippen LogP contribution in [0.3, 0.4) is 0 Å². The van der Waals surface area contributed by atoms with Gasteiger partial charge in [-0.05, 0) is 12.0 Å². The molecule has 1 aromatic rings. The number of carbonyl (C=O) groups excluding carboxylic acids is 1. The molecule has 0 fully saturated rings. The minimum Gasteiger partial charge on any atom is -0.492 e. The van der Waals surface area contributed by atoms with Gasteiger partial charge in [-0.25, -0.2) is 0 Å². The third-order valence-electron chi connectivity index (χ3n) is 2.66. The Morgan fingerprint density at radius 1 is 1.33 bits per heavy atom. The molecule has 1 atom stereocenters. The summed E-state index contributed by atoms with van der Waals surface area (Å²) < 4.78 is 5.56. The van der Waals surface area contributed by atoms with Crippen LogP contribution in [-0.2, 0) is 9.53 Å². The average Bonchev–Trinajstić information content (AvgIpc) is 2.30. The van der Waals surface area contributed by atoms with Gasteiger partial charge in [-0.1, -0.05) is 37.3 Å². The number of carbonyl (C=O) groups is 1. The molecule has 1 aliphatic heterocycles. The van der Waals surface area contributed by atoms with E-state index in [1.807, 2.05) is 37.3 Å². The zero-order chi connectivity index (χ0) is 10.7. The Morgan fingerprint density at radius 3 is 2.67 bits per heavy atom. The van der Waals surface area contributed by atoms with Gasteiger partial charge >= 0.3 is 0 Å². The Morgan fingerprint density at radius 2 is 2.07 bits per heavy atom. The fraction of sp³-hybridized carbons (Fsp3) is 0.308. The molecule has 0 aromatic heterocycles. The Balaban J connectivity index is 2.16. The molecule has 2 heteroatoms. The average molecular weight is 202 g/mol. The lowest BCUT2D eigenvalue weighted by Gasteiger charge is -2.22. The summed E-state index contributed by atoms with van der Waals surface area (Å²) in [4.78, 5) is 11.7. The number of allylic oxidation sites excluding steroid dienone is 1. The molecular weight excluding hydrogens is 188 g/mol. The van der Waals surface area contributed by atoms with Crippen molar-refractivity contribution < 1.29 is 9.53 Å². The molecule has 78 valence electrons. The normalized spacial score (nSPS) is 20.7. The molecule has 1 unspecified atom stereocenters. The molecule has 1 heterocycles. The molecule has 2 nitrogen and oxygen atoms in total. The second-order valence-corrected chi connectivity index (χ2v) is 3.66. The Hall–Kier alpha value is -1.57. The van der Waals surface area contributed by atoms with Crippen molar-refractivity contribution in [3.05, 3.63) is 47.7 Å². The van der Waals surface area contributed by atoms with Gasteiger partial charge in [-0.2, -0.15) is 0 Å². The van der Waals surface area contributed by atoms with E-state index in [0.717, 1.165) is 17.6 Å². The van der Waals surface area contributed by atoms with Crippen LogP contribution in [0.4, 0.5) is 0 Å². The van der Waals surface area contributed by atoms with E-state index in [0.29, 0.717) is 6.42 Å². The van der Waals surface area contributed by atoms with E-state index in [9.17, 15) is 4.79 Å². The van der Waals surface area contributed by atoms with Gasteiger partial charge in [0.2, 0.25) is 0 Å². The van der Waals surface area contributed by atoms with Crippen LogP contribution >= 0.6 is 0 Å². The van der Waals surface area contributed by atoms with Gasteiger partial charge in [0.15, 0.2) is 5.78 Å². The first-order chi connectivity index (χ1) is 7.31. The first-order valence-electron chi connectivity index (χ1n) is 5.24. The number of ether oxygens (including phenoxy) is 1. The van der Waals surface area contributed by atoms with Crippen LogP contribution in [0.25, 0.3) is 0 Å². The summed E-state index contributed by atoms with van der Waals surface area (Å²) in [6, 6.07) is 9.86. The molecule has 0 bridgehead atoms. The monoisotopic (exact) mass is 202 g/mol. The highest BCUT2D eigenvalue weighted by Gasteiger charge is 2.23. The zero-order valence-corrected chi connectivity index (χ0v) is 8.77. The molecule has 15 heavy (non-hydrogen) atoms. The maximum Gasteiger partial charge on any atom is 0.165 e. The van der Waals surface area contributed by atoms with Gasteiger partial charge < -0.3 is 4.74 Å². The maximum absolute atomic E-state index is 11.7. The van der Waals surface area contributed by atoms with E-state index in [1.165, 1.54) is 0 Å². The highest BCUT2D eigenvalue weighted by atomic mass is 16.5. The highest BCUT2D eigenvalue weighted by Crippen LogP contribution is 2.28. The van der Waals surface area contributed by atoms with Crippen LogP contribution in [0, 0.1) is 0 Å². The summed E-state index contributed by atoms with van der Waals surface area (Å²) in [5.74, 6) is 0.206. The van der Waals surface area contributed by atoms with Gasteiger partial charge in [0.05, 0.1) is 12.7 Å². The van der Waals surface area contributed by atoms with Crippen LogP contribution in [0.1, 0.15) is 31.4 Å². The van der Waals surface area contributed by atoms with Gasteiger partial charge in [0.25, 0.3) is 0 Å². The van der Waals surface area contributed by atoms with Gasteiger partial charge in [-0.3, -0.25) is 4.79 Å². The van der Waals surface area contributed by atoms with Crippen LogP contribution in [0.15, 0.2) is 42.2 Å². The van der Waals surface area contributed by atoms with E-state index in [2.05, 4.69) is 0 Å². The van der Waals surface area contributed by atoms with E-state index >= 15 is 0 Å². The molecule has 0 aliphatic carbocycles. The molecule has 0 saturated carbocycles. The van der Waals surface area contributed by atoms with E-state index < -0.39 is 0 Å². The highest BCUT2D eigenvalue weighted by molar-refractivity contribution is 5.96. The number of benzene rings is 1. The summed E-state index contributed by atoms with van der Waals surface area (Å²) in [6.07, 6.45) is 2.72. The lowest BCUT2D eigenvalue weighted by atomic mass is 9.97. The van der Waals surface area contributed by atoms with Crippen molar-refractivity contribution in [2.45, 2.75) is 25.9 Å². The third kappa shape index (κ3) is 2.09. The zero-order valence-electron chi connectivity index (χ0n) is 8.77. The summed E-state index contributed by atoms with van der Waals surface area (Å²) in [6.45, 7) is 1.97. The first kappa shape index (κ1) is 9.97. The third-order valence-corrected chi connectivity index (χ3v) is 2.66. The van der Waals surface area contributed by atoms with Gasteiger partial charge in [0.1, 0.15) is 6.10 Å². The number of Topliss-reactive ketones (excluding diaryl/α,β-unsaturated/α-hetero) is 1. The van der Waals surface area contributed by atoms with Crippen LogP contribution < -0.4 is 0 Å². The Labute approximate surface area is 89.6 Å². The molecule has 2 rings (SSSR count). The predicted octanol–water partition coefficient (Wildman–Crippen LogP) is 3.01. The molecular formula is C13H14O2. The van der Waals surface area contributed by atoms with Crippen molar-refractivity contribution in [3.63, 3.8) is 0 Å². The van der Waals surface area contributed by atoms with Crippen molar-refractivity contribution in [2.75, 3.05) is 0 Å². The Bertz CT molecular complexity index is 379. The molecule has 0 radical (unpaired) electrons. The SMILES string of the molecule is CCC1=COC(c2ccccc2)CC1=O. The first-order valence-corrected chi connectivity index (χ1v) is 5.24. The summed E-state index contributed by atoms with van der Waals surface area (Å²) in [5.41, 5.74) is 1.86. The Kier molecular flexibility index (Phi) is 2.86. The quantitative estimate of drug-likeness (QED) is 0.736. The van der Waals surface area contributed by atoms with Crippen LogP contribution in [0.5, 0.6) is 0 Å². The molecule has 0 spiro atoms. The summed E-state index contributed by atoms with van der Waals surface area (Å²) in [7, 11) is 0. The van der Waals surface area contributed by atoms with Gasteiger partial charge in [-0.15, -0.1) is 0 Å². The van der Waals surface area contributed by atoms with E-state index in [4.69, 9.17) is 4.74 Å². The largest absolute Gasteiger partial charge is 0.492 e. The predicted molar refractivity (Wildman–Crippen MR) is 58.3 cm³/mol. The number of rotatable bonds is 2. The summed E-state index contributed by atoms with van der Waals surface area (Å²) in [5, 5.41) is 0. The fourth-order valence-corrected chi connectivity index (χ4v) is 1.72. The summed E-state index contributed by atoms with van der Waals surface area (Å²) >= 11 is 0. The number of hydrogen-bond acceptors (Lipinski definition) is 2. The van der Waals surface area contributed by atoms with Crippen LogP contribution in [0.2, 0.25) is 0 Å². The van der Waals surface area contributed by atoms with Crippen LogP contribution in [-0.4, -0.2) is 5.78 Å². The number of hydrogen-bond donors (Lipinski definition) is 0. The number of ketones is 1. The standard InChI is InChI=1S/C13H14O2/c1-2-10-9-15-13(8-12(10)14)11-6-4-3-5-7-11/h3-7,9,13H,2,8H2,1H3. The molecule has 0 saturated heterocycles. The minimum atomic E-state index is -0.103. The molecule has 0 N–H and O–H groups in total. The second-order valence-electron chi connectivity index (χ2n) is 3.66. The van der Waals surface area contributed by atoms with E-state index in [-0.39, 0.29) is 11.9 Å². The fourth-order valence-electron chi connectivity index (χ4n) is 1.72. The minimum absolute atomic E-state index is 0.103. The molecule has 1 aromatic carbocycles. The van der Waals surface area contributed by atoms with Crippen molar-refractivity contribution >= 4 is 5.78 Å². The lowest BCUT2D eigenvalue weighted by molar-refractivity contribution is -0.119. The van der Waals surface area contributed by atoms with E-state index in [1.54, 1.807) is 6.26 Å². The van der Waals surface area contributed by atoms with Crippen molar-refractivity contribution in [1.82, 2.24) is 0 Å². The smallest absolute Gasteiger partial charge is 0.165 e. The topological polar surface area (TPSA) is 26.3 Å². The molecule has 0 amide bonds. The lowest BCUT2D eigenvalue weighted by Crippen LogP contribution is -2.15. The van der Waals surface area contributed by atoms with Crippen molar-refractivity contribution in [3.8, 4) is 0 Å². The van der Waals surface area contributed by atoms with Crippen molar-refractivity contribution in [1.29, 1.82) is 0 Å². The second kappa shape index (κ2) is 4.30. The maximum atomic E-state index is 11.7. The van der Waals surface area contributed by atoms with Crippen molar-refractivity contribution in [2.24, 2.45) is 0 Å².